The molecular weight excluding hydrogens is 354 g/mol. The molecule has 0 unspecified atom stereocenters. The first kappa shape index (κ1) is 18.6. The van der Waals surface area contributed by atoms with Gasteiger partial charge in [0.05, 0.1) is 13.2 Å². The maximum absolute atomic E-state index is 5.41. The Morgan fingerprint density at radius 2 is 1.86 bits per heavy atom. The molecule has 2 aromatic heterocycles. The highest BCUT2D eigenvalue weighted by molar-refractivity contribution is 5.85. The lowest BCUT2D eigenvalue weighted by Crippen LogP contribution is -2.39. The van der Waals surface area contributed by atoms with E-state index in [9.17, 15) is 0 Å². The van der Waals surface area contributed by atoms with Gasteiger partial charge in [0.1, 0.15) is 6.33 Å². The van der Waals surface area contributed by atoms with Gasteiger partial charge in [0.15, 0.2) is 17.0 Å². The van der Waals surface area contributed by atoms with Crippen LogP contribution in [0, 0.1) is 0 Å². The van der Waals surface area contributed by atoms with Crippen LogP contribution in [0.5, 0.6) is 0 Å². The number of fused-ring (bicyclic) bond motifs is 1. The standard InChI is InChI=1S/C20H27N7O/c1-2-8-21-18-17-19(27(15-23-17)16-6-4-3-5-7-16)25-20(24-18)22-9-10-26-11-13-28-14-12-26/h3-7,15H,2,8-14H2,1H3,(H2,21,22,24,25). The molecule has 3 aromatic rings. The molecular formula is C20H27N7O. The predicted octanol–water partition coefficient (Wildman–Crippen LogP) is 2.38. The molecule has 1 saturated heterocycles. The van der Waals surface area contributed by atoms with Gasteiger partial charge < -0.3 is 15.4 Å². The Morgan fingerprint density at radius 3 is 2.64 bits per heavy atom. The second-order valence-electron chi connectivity index (χ2n) is 6.83. The zero-order chi connectivity index (χ0) is 19.2. The lowest BCUT2D eigenvalue weighted by atomic mass is 10.3. The van der Waals surface area contributed by atoms with Gasteiger partial charge in [-0.05, 0) is 18.6 Å². The first-order valence-electron chi connectivity index (χ1n) is 9.93. The Kier molecular flexibility index (Phi) is 5.98. The van der Waals surface area contributed by atoms with E-state index in [0.29, 0.717) is 5.95 Å². The highest BCUT2D eigenvalue weighted by atomic mass is 16.5. The molecule has 3 heterocycles. The maximum Gasteiger partial charge on any atom is 0.226 e. The summed E-state index contributed by atoms with van der Waals surface area (Å²) in [5.41, 5.74) is 2.62. The van der Waals surface area contributed by atoms with Crippen LogP contribution in [-0.4, -0.2) is 70.4 Å². The summed E-state index contributed by atoms with van der Waals surface area (Å²) in [4.78, 5) is 16.4. The topological polar surface area (TPSA) is 80.1 Å². The second kappa shape index (κ2) is 8.99. The first-order valence-corrected chi connectivity index (χ1v) is 9.93. The Hall–Kier alpha value is -2.71. The van der Waals surface area contributed by atoms with Gasteiger partial charge >= 0.3 is 0 Å². The van der Waals surface area contributed by atoms with Crippen molar-refractivity contribution in [2.24, 2.45) is 0 Å². The average Bonchev–Trinajstić information content (AvgIpc) is 3.17. The van der Waals surface area contributed by atoms with Gasteiger partial charge in [0, 0.05) is 38.4 Å². The molecule has 4 rings (SSSR count). The third-order valence-corrected chi connectivity index (χ3v) is 4.79. The van der Waals surface area contributed by atoms with Crippen molar-refractivity contribution in [1.82, 2.24) is 24.4 Å². The fourth-order valence-electron chi connectivity index (χ4n) is 3.27. The zero-order valence-electron chi connectivity index (χ0n) is 16.3. The number of ether oxygens (including phenoxy) is 1. The van der Waals surface area contributed by atoms with Crippen LogP contribution in [0.3, 0.4) is 0 Å². The molecule has 0 amide bonds. The summed E-state index contributed by atoms with van der Waals surface area (Å²) in [6, 6.07) is 10.1. The van der Waals surface area contributed by atoms with Crippen molar-refractivity contribution in [2.75, 3.05) is 56.6 Å². The van der Waals surface area contributed by atoms with E-state index in [-0.39, 0.29) is 0 Å². The Balaban J connectivity index is 1.58. The number of hydrogen-bond acceptors (Lipinski definition) is 7. The minimum atomic E-state index is 0.622. The number of imidazole rings is 1. The van der Waals surface area contributed by atoms with Gasteiger partial charge in [0.25, 0.3) is 0 Å². The predicted molar refractivity (Wildman–Crippen MR) is 111 cm³/mol. The average molecular weight is 381 g/mol. The van der Waals surface area contributed by atoms with Crippen LogP contribution in [0.1, 0.15) is 13.3 Å². The molecule has 2 N–H and O–H groups in total. The third kappa shape index (κ3) is 4.23. The summed E-state index contributed by atoms with van der Waals surface area (Å²) < 4.78 is 7.41. The third-order valence-electron chi connectivity index (χ3n) is 4.79. The maximum atomic E-state index is 5.41. The van der Waals surface area contributed by atoms with Gasteiger partial charge in [-0.3, -0.25) is 9.47 Å². The van der Waals surface area contributed by atoms with E-state index in [1.165, 1.54) is 0 Å². The molecule has 0 bridgehead atoms. The van der Waals surface area contributed by atoms with Gasteiger partial charge in [-0.1, -0.05) is 25.1 Å². The zero-order valence-corrected chi connectivity index (χ0v) is 16.3. The van der Waals surface area contributed by atoms with Crippen molar-refractivity contribution in [1.29, 1.82) is 0 Å². The number of rotatable bonds is 8. The molecule has 0 radical (unpaired) electrons. The largest absolute Gasteiger partial charge is 0.379 e. The van der Waals surface area contributed by atoms with E-state index in [1.54, 1.807) is 0 Å². The van der Waals surface area contributed by atoms with E-state index in [4.69, 9.17) is 9.72 Å². The summed E-state index contributed by atoms with van der Waals surface area (Å²) in [7, 11) is 0. The molecule has 0 atom stereocenters. The van der Waals surface area contributed by atoms with Crippen molar-refractivity contribution >= 4 is 22.9 Å². The van der Waals surface area contributed by atoms with Crippen molar-refractivity contribution in [2.45, 2.75) is 13.3 Å². The number of nitrogens with zero attached hydrogens (tertiary/aromatic N) is 5. The molecule has 1 fully saturated rings. The highest BCUT2D eigenvalue weighted by Gasteiger charge is 2.15. The van der Waals surface area contributed by atoms with Crippen molar-refractivity contribution in [3.63, 3.8) is 0 Å². The Bertz CT molecular complexity index is 890. The molecule has 148 valence electrons. The minimum absolute atomic E-state index is 0.622. The quantitative estimate of drug-likeness (QED) is 0.620. The van der Waals surface area contributed by atoms with E-state index in [1.807, 2.05) is 41.2 Å². The normalized spacial score (nSPS) is 15.0. The van der Waals surface area contributed by atoms with Crippen molar-refractivity contribution in [3.05, 3.63) is 36.7 Å². The first-order chi connectivity index (χ1) is 13.8. The van der Waals surface area contributed by atoms with Crippen molar-refractivity contribution < 1.29 is 4.74 Å². The van der Waals surface area contributed by atoms with Crippen LogP contribution in [-0.2, 0) is 4.74 Å². The number of anilines is 2. The van der Waals surface area contributed by atoms with Crippen LogP contribution in [0.15, 0.2) is 36.7 Å². The number of benzene rings is 1. The number of para-hydroxylation sites is 1. The molecule has 0 saturated carbocycles. The molecule has 28 heavy (non-hydrogen) atoms. The number of hydrogen-bond donors (Lipinski definition) is 2. The SMILES string of the molecule is CCCNc1nc(NCCN2CCOCC2)nc2c1ncn2-c1ccccc1. The van der Waals surface area contributed by atoms with E-state index < -0.39 is 0 Å². The Labute approximate surface area is 164 Å². The summed E-state index contributed by atoms with van der Waals surface area (Å²) >= 11 is 0. The summed E-state index contributed by atoms with van der Waals surface area (Å²) in [5, 5.41) is 6.77. The smallest absolute Gasteiger partial charge is 0.226 e. The van der Waals surface area contributed by atoms with Crippen LogP contribution in [0.4, 0.5) is 11.8 Å². The van der Waals surface area contributed by atoms with E-state index in [0.717, 1.165) is 75.0 Å². The Morgan fingerprint density at radius 1 is 1.04 bits per heavy atom. The lowest BCUT2D eigenvalue weighted by Gasteiger charge is -2.26. The number of morpholine rings is 1. The van der Waals surface area contributed by atoms with Gasteiger partial charge in [-0.15, -0.1) is 0 Å². The fourth-order valence-corrected chi connectivity index (χ4v) is 3.27. The van der Waals surface area contributed by atoms with Gasteiger partial charge in [-0.2, -0.15) is 9.97 Å². The lowest BCUT2D eigenvalue weighted by molar-refractivity contribution is 0.0398. The monoisotopic (exact) mass is 381 g/mol. The van der Waals surface area contributed by atoms with Crippen LogP contribution >= 0.6 is 0 Å². The van der Waals surface area contributed by atoms with Crippen LogP contribution in [0.2, 0.25) is 0 Å². The van der Waals surface area contributed by atoms with Crippen LogP contribution < -0.4 is 10.6 Å². The summed E-state index contributed by atoms with van der Waals surface area (Å²) in [6.45, 7) is 8.29. The number of aromatic nitrogens is 4. The van der Waals surface area contributed by atoms with Gasteiger partial charge in [0.2, 0.25) is 5.95 Å². The molecule has 1 aliphatic heterocycles. The van der Waals surface area contributed by atoms with E-state index in [2.05, 4.69) is 32.4 Å². The van der Waals surface area contributed by atoms with Crippen molar-refractivity contribution in [3.8, 4) is 5.69 Å². The molecule has 1 aliphatic rings. The molecule has 1 aromatic carbocycles. The molecule has 0 aliphatic carbocycles. The van der Waals surface area contributed by atoms with E-state index >= 15 is 0 Å². The summed E-state index contributed by atoms with van der Waals surface area (Å²) in [5.74, 6) is 1.40. The summed E-state index contributed by atoms with van der Waals surface area (Å²) in [6.07, 6.45) is 2.83. The molecule has 0 spiro atoms. The second-order valence-corrected chi connectivity index (χ2v) is 6.83. The van der Waals surface area contributed by atoms with Crippen LogP contribution in [0.25, 0.3) is 16.9 Å². The number of nitrogens with one attached hydrogen (secondary N) is 2. The minimum Gasteiger partial charge on any atom is -0.379 e. The molecule has 8 heteroatoms. The van der Waals surface area contributed by atoms with Gasteiger partial charge in [-0.25, -0.2) is 4.98 Å². The fraction of sp³-hybridized carbons (Fsp3) is 0.450. The molecule has 8 nitrogen and oxygen atoms in total. The highest BCUT2D eigenvalue weighted by Crippen LogP contribution is 2.23.